The van der Waals surface area contributed by atoms with Gasteiger partial charge in [0.2, 0.25) is 0 Å². The third-order valence-corrected chi connectivity index (χ3v) is 3.88. The van der Waals surface area contributed by atoms with Crippen molar-refractivity contribution >= 4 is 11.9 Å². The first-order chi connectivity index (χ1) is 11.6. The van der Waals surface area contributed by atoms with Gasteiger partial charge in [0, 0.05) is 58.4 Å². The van der Waals surface area contributed by atoms with E-state index in [1.807, 2.05) is 11.0 Å². The van der Waals surface area contributed by atoms with Crippen LogP contribution in [0.2, 0.25) is 0 Å². The summed E-state index contributed by atoms with van der Waals surface area (Å²) in [5.41, 5.74) is 5.64. The Labute approximate surface area is 142 Å². The van der Waals surface area contributed by atoms with Gasteiger partial charge in [-0.3, -0.25) is 14.5 Å². The topological polar surface area (TPSA) is 123 Å². The minimum atomic E-state index is -0.805. The van der Waals surface area contributed by atoms with Crippen molar-refractivity contribution in [1.29, 1.82) is 5.26 Å². The third kappa shape index (κ3) is 7.94. The SMILES string of the molecule is N#C/C(=C/N1CCN(CCN)CC1)C(=O)NCCCCCC(=O)O. The van der Waals surface area contributed by atoms with E-state index in [1.54, 1.807) is 6.20 Å². The van der Waals surface area contributed by atoms with Crippen LogP contribution in [0.1, 0.15) is 25.7 Å². The molecule has 0 bridgehead atoms. The molecule has 134 valence electrons. The zero-order valence-corrected chi connectivity index (χ0v) is 14.0. The molecule has 1 aliphatic rings. The van der Waals surface area contributed by atoms with Gasteiger partial charge in [-0.2, -0.15) is 5.26 Å². The number of nitrogens with two attached hydrogens (primary N) is 1. The summed E-state index contributed by atoms with van der Waals surface area (Å²) in [7, 11) is 0. The molecule has 0 atom stereocenters. The van der Waals surface area contributed by atoms with Crippen LogP contribution in [0.4, 0.5) is 0 Å². The molecule has 0 aromatic carbocycles. The maximum absolute atomic E-state index is 12.0. The van der Waals surface area contributed by atoms with Gasteiger partial charge in [0.15, 0.2) is 0 Å². The van der Waals surface area contributed by atoms with Crippen LogP contribution in [0.25, 0.3) is 0 Å². The molecule has 1 fully saturated rings. The number of nitrogens with one attached hydrogen (secondary N) is 1. The van der Waals surface area contributed by atoms with Crippen molar-refractivity contribution in [2.45, 2.75) is 25.7 Å². The summed E-state index contributed by atoms with van der Waals surface area (Å²) in [4.78, 5) is 26.6. The Kier molecular flexibility index (Phi) is 9.49. The van der Waals surface area contributed by atoms with Gasteiger partial charge in [0.05, 0.1) is 0 Å². The standard InChI is InChI=1S/C16H27N5O3/c17-5-7-20-8-10-21(11-9-20)13-14(12-18)16(24)19-6-3-1-2-4-15(22)23/h13H,1-11,17H2,(H,19,24)(H,22,23)/b14-13-. The molecule has 0 radical (unpaired) electrons. The summed E-state index contributed by atoms with van der Waals surface area (Å²) < 4.78 is 0. The minimum absolute atomic E-state index is 0.104. The Morgan fingerprint density at radius 2 is 1.92 bits per heavy atom. The number of aliphatic carboxylic acids is 1. The number of unbranched alkanes of at least 4 members (excludes halogenated alkanes) is 2. The van der Waals surface area contributed by atoms with E-state index in [1.165, 1.54) is 0 Å². The molecule has 24 heavy (non-hydrogen) atoms. The lowest BCUT2D eigenvalue weighted by Crippen LogP contribution is -2.46. The summed E-state index contributed by atoms with van der Waals surface area (Å²) in [5.74, 6) is -1.18. The monoisotopic (exact) mass is 337 g/mol. The molecule has 1 heterocycles. The molecule has 0 unspecified atom stereocenters. The fourth-order valence-corrected chi connectivity index (χ4v) is 2.49. The van der Waals surface area contributed by atoms with E-state index in [2.05, 4.69) is 10.2 Å². The molecule has 0 aromatic heterocycles. The number of piperazine rings is 1. The van der Waals surface area contributed by atoms with Gasteiger partial charge >= 0.3 is 5.97 Å². The van der Waals surface area contributed by atoms with Crippen molar-refractivity contribution in [3.05, 3.63) is 11.8 Å². The second-order valence-electron chi connectivity index (χ2n) is 5.78. The van der Waals surface area contributed by atoms with E-state index < -0.39 is 5.97 Å². The number of carbonyl (C=O) groups excluding carboxylic acids is 1. The Balaban J connectivity index is 2.30. The first-order valence-corrected chi connectivity index (χ1v) is 8.35. The highest BCUT2D eigenvalue weighted by atomic mass is 16.4. The van der Waals surface area contributed by atoms with Gasteiger partial charge < -0.3 is 21.1 Å². The number of carboxylic acid groups (broad SMARTS) is 1. The first kappa shape index (κ1) is 19.9. The lowest BCUT2D eigenvalue weighted by Gasteiger charge is -2.33. The van der Waals surface area contributed by atoms with Crippen molar-refractivity contribution in [1.82, 2.24) is 15.1 Å². The predicted molar refractivity (Wildman–Crippen MR) is 89.9 cm³/mol. The number of carboxylic acids is 1. The van der Waals surface area contributed by atoms with E-state index in [4.69, 9.17) is 16.1 Å². The van der Waals surface area contributed by atoms with Gasteiger partial charge in [0.1, 0.15) is 11.6 Å². The highest BCUT2D eigenvalue weighted by molar-refractivity contribution is 5.97. The third-order valence-electron chi connectivity index (χ3n) is 3.88. The van der Waals surface area contributed by atoms with Gasteiger partial charge in [0.25, 0.3) is 5.91 Å². The predicted octanol–water partition coefficient (Wildman–Crippen LogP) is -0.269. The fraction of sp³-hybridized carbons (Fsp3) is 0.688. The Morgan fingerprint density at radius 3 is 2.50 bits per heavy atom. The van der Waals surface area contributed by atoms with Crippen molar-refractivity contribution in [3.8, 4) is 6.07 Å². The molecular weight excluding hydrogens is 310 g/mol. The lowest BCUT2D eigenvalue weighted by atomic mass is 10.2. The molecule has 0 saturated carbocycles. The van der Waals surface area contributed by atoms with E-state index >= 15 is 0 Å². The number of hydrogen-bond donors (Lipinski definition) is 3. The molecule has 0 aliphatic carbocycles. The van der Waals surface area contributed by atoms with Crippen LogP contribution in [0.15, 0.2) is 11.8 Å². The molecule has 8 nitrogen and oxygen atoms in total. The maximum atomic E-state index is 12.0. The lowest BCUT2D eigenvalue weighted by molar-refractivity contribution is -0.137. The molecule has 0 aromatic rings. The minimum Gasteiger partial charge on any atom is -0.481 e. The summed E-state index contributed by atoms with van der Waals surface area (Å²) in [6, 6.07) is 1.95. The maximum Gasteiger partial charge on any atom is 0.303 e. The van der Waals surface area contributed by atoms with Crippen LogP contribution in [0.3, 0.4) is 0 Å². The number of amides is 1. The van der Waals surface area contributed by atoms with Crippen molar-refractivity contribution < 1.29 is 14.7 Å². The van der Waals surface area contributed by atoms with Crippen molar-refractivity contribution in [2.24, 2.45) is 5.73 Å². The van der Waals surface area contributed by atoms with Crippen LogP contribution in [0, 0.1) is 11.3 Å². The largest absolute Gasteiger partial charge is 0.481 e. The molecule has 4 N–H and O–H groups in total. The number of nitrogens with zero attached hydrogens (tertiary/aromatic N) is 3. The average Bonchev–Trinajstić information content (AvgIpc) is 2.57. The molecule has 0 spiro atoms. The number of carbonyl (C=O) groups is 2. The zero-order chi connectivity index (χ0) is 17.8. The second-order valence-corrected chi connectivity index (χ2v) is 5.78. The Bertz CT molecular complexity index is 479. The van der Waals surface area contributed by atoms with Crippen LogP contribution in [-0.4, -0.2) is 72.6 Å². The molecule has 1 aliphatic heterocycles. The summed E-state index contributed by atoms with van der Waals surface area (Å²) in [5, 5.41) is 20.4. The van der Waals surface area contributed by atoms with E-state index in [0.717, 1.165) is 39.1 Å². The second kappa shape index (κ2) is 11.4. The van der Waals surface area contributed by atoms with Crippen LogP contribution < -0.4 is 11.1 Å². The zero-order valence-electron chi connectivity index (χ0n) is 14.0. The van der Waals surface area contributed by atoms with Gasteiger partial charge in [-0.05, 0) is 12.8 Å². The molecule has 1 saturated heterocycles. The van der Waals surface area contributed by atoms with Crippen LogP contribution >= 0.6 is 0 Å². The number of nitriles is 1. The first-order valence-electron chi connectivity index (χ1n) is 8.35. The molecular formula is C16H27N5O3. The molecule has 1 amide bonds. The number of hydrogen-bond acceptors (Lipinski definition) is 6. The van der Waals surface area contributed by atoms with E-state index in [9.17, 15) is 9.59 Å². The van der Waals surface area contributed by atoms with E-state index in [-0.39, 0.29) is 17.9 Å². The van der Waals surface area contributed by atoms with Crippen LogP contribution in [0.5, 0.6) is 0 Å². The normalized spacial score (nSPS) is 15.8. The fourth-order valence-electron chi connectivity index (χ4n) is 2.49. The van der Waals surface area contributed by atoms with Crippen LogP contribution in [-0.2, 0) is 9.59 Å². The number of rotatable bonds is 10. The summed E-state index contributed by atoms with van der Waals surface area (Å²) in [6.07, 6.45) is 3.81. The highest BCUT2D eigenvalue weighted by Crippen LogP contribution is 2.05. The quantitative estimate of drug-likeness (QED) is 0.285. The van der Waals surface area contributed by atoms with Crippen molar-refractivity contribution in [2.75, 3.05) is 45.8 Å². The highest BCUT2D eigenvalue weighted by Gasteiger charge is 2.16. The Morgan fingerprint density at radius 1 is 1.21 bits per heavy atom. The average molecular weight is 337 g/mol. The summed E-state index contributed by atoms with van der Waals surface area (Å²) in [6.45, 7) is 5.23. The van der Waals surface area contributed by atoms with Crippen molar-refractivity contribution in [3.63, 3.8) is 0 Å². The van der Waals surface area contributed by atoms with E-state index in [0.29, 0.717) is 25.9 Å². The molecule has 1 rings (SSSR count). The molecule has 8 heteroatoms. The van der Waals surface area contributed by atoms with Gasteiger partial charge in [-0.1, -0.05) is 6.42 Å². The van der Waals surface area contributed by atoms with Gasteiger partial charge in [-0.25, -0.2) is 0 Å². The smallest absolute Gasteiger partial charge is 0.303 e. The Hall–Kier alpha value is -2.11. The van der Waals surface area contributed by atoms with Gasteiger partial charge in [-0.15, -0.1) is 0 Å². The summed E-state index contributed by atoms with van der Waals surface area (Å²) >= 11 is 0.